The minimum Gasteiger partial charge on any atom is -0.482 e. The number of aliphatic carboxylic acids is 1. The van der Waals surface area contributed by atoms with E-state index in [2.05, 4.69) is 23.1 Å². The third-order valence-electron chi connectivity index (χ3n) is 5.40. The number of rotatable bonds is 6. The maximum absolute atomic E-state index is 13.6. The second-order valence-corrected chi connectivity index (χ2v) is 7.27. The summed E-state index contributed by atoms with van der Waals surface area (Å²) in [6, 6.07) is 20.6. The van der Waals surface area contributed by atoms with Crippen LogP contribution in [0.15, 0.2) is 66.7 Å². The van der Waals surface area contributed by atoms with Gasteiger partial charge >= 0.3 is 5.97 Å². The lowest BCUT2D eigenvalue weighted by Crippen LogP contribution is -2.22. The summed E-state index contributed by atoms with van der Waals surface area (Å²) in [5.41, 5.74) is 5.38. The summed E-state index contributed by atoms with van der Waals surface area (Å²) in [6.45, 7) is -0.365. The summed E-state index contributed by atoms with van der Waals surface area (Å²) in [5.74, 6) is -0.711. The van der Waals surface area contributed by atoms with Crippen LogP contribution < -0.4 is 9.64 Å². The van der Waals surface area contributed by atoms with E-state index in [0.717, 1.165) is 29.7 Å². The van der Waals surface area contributed by atoms with Gasteiger partial charge in [0.05, 0.1) is 6.04 Å². The van der Waals surface area contributed by atoms with Gasteiger partial charge in [-0.05, 0) is 65.4 Å². The molecule has 0 aliphatic heterocycles. The molecule has 0 fully saturated rings. The molecule has 148 valence electrons. The molecule has 0 saturated heterocycles. The van der Waals surface area contributed by atoms with E-state index in [0.29, 0.717) is 5.75 Å². The van der Waals surface area contributed by atoms with Crippen molar-refractivity contribution >= 4 is 11.7 Å². The van der Waals surface area contributed by atoms with Crippen LogP contribution in [0.4, 0.5) is 10.1 Å². The molecular weight excluding hydrogens is 369 g/mol. The molecule has 0 saturated carbocycles. The van der Waals surface area contributed by atoms with Crippen molar-refractivity contribution in [2.45, 2.75) is 18.9 Å². The van der Waals surface area contributed by atoms with Crippen LogP contribution in [0.25, 0.3) is 11.1 Å². The van der Waals surface area contributed by atoms with Crippen LogP contribution in [0.2, 0.25) is 0 Å². The number of hydrogen-bond donors (Lipinski definition) is 1. The van der Waals surface area contributed by atoms with Gasteiger partial charge in [0.15, 0.2) is 6.61 Å². The molecule has 1 atom stereocenters. The fourth-order valence-corrected chi connectivity index (χ4v) is 3.95. The van der Waals surface area contributed by atoms with E-state index in [1.54, 1.807) is 18.2 Å². The number of carbonyl (C=O) groups is 1. The van der Waals surface area contributed by atoms with Crippen LogP contribution in [0.1, 0.15) is 23.6 Å². The number of aryl methyl sites for hydroxylation is 1. The van der Waals surface area contributed by atoms with Gasteiger partial charge in [0.25, 0.3) is 0 Å². The molecule has 0 aromatic heterocycles. The highest BCUT2D eigenvalue weighted by Gasteiger charge is 2.27. The van der Waals surface area contributed by atoms with Crippen molar-refractivity contribution in [3.8, 4) is 16.9 Å². The molecule has 4 rings (SSSR count). The van der Waals surface area contributed by atoms with E-state index in [9.17, 15) is 9.18 Å². The molecular formula is C24H22FNO3. The Kier molecular flexibility index (Phi) is 5.21. The van der Waals surface area contributed by atoms with Crippen LogP contribution in [0.5, 0.6) is 5.75 Å². The van der Waals surface area contributed by atoms with Gasteiger partial charge in [-0.15, -0.1) is 0 Å². The average molecular weight is 391 g/mol. The van der Waals surface area contributed by atoms with Crippen LogP contribution in [-0.2, 0) is 11.2 Å². The standard InChI is InChI=1S/C24H22FNO3/c1-26(20-6-3-7-21(14-20)29-15-24(27)28)23-11-10-16-8-9-18(13-22(16)23)17-4-2-5-19(25)12-17/h2-9,12-14,23H,10-11,15H2,1H3,(H,27,28). The maximum atomic E-state index is 13.6. The van der Waals surface area contributed by atoms with E-state index in [-0.39, 0.29) is 18.5 Å². The molecule has 0 radical (unpaired) electrons. The highest BCUT2D eigenvalue weighted by atomic mass is 19.1. The largest absolute Gasteiger partial charge is 0.482 e. The monoisotopic (exact) mass is 391 g/mol. The SMILES string of the molecule is CN(c1cccc(OCC(=O)O)c1)C1CCc2ccc(-c3cccc(F)c3)cc21. The molecule has 0 bridgehead atoms. The Morgan fingerprint density at radius 2 is 1.90 bits per heavy atom. The lowest BCUT2D eigenvalue weighted by Gasteiger charge is -2.28. The van der Waals surface area contributed by atoms with Gasteiger partial charge in [-0.1, -0.05) is 30.3 Å². The molecule has 1 aliphatic rings. The highest BCUT2D eigenvalue weighted by Crippen LogP contribution is 2.40. The van der Waals surface area contributed by atoms with Gasteiger partial charge in [-0.25, -0.2) is 9.18 Å². The first-order valence-electron chi connectivity index (χ1n) is 9.57. The third kappa shape index (κ3) is 4.09. The summed E-state index contributed by atoms with van der Waals surface area (Å²) in [4.78, 5) is 12.9. The van der Waals surface area contributed by atoms with E-state index >= 15 is 0 Å². The Morgan fingerprint density at radius 1 is 1.10 bits per heavy atom. The zero-order valence-corrected chi connectivity index (χ0v) is 16.1. The molecule has 1 aliphatic carbocycles. The Bertz CT molecular complexity index is 1050. The Labute approximate surface area is 169 Å². The molecule has 1 unspecified atom stereocenters. The molecule has 1 N–H and O–H groups in total. The number of halogens is 1. The Hall–Kier alpha value is -3.34. The number of hydrogen-bond acceptors (Lipinski definition) is 3. The Morgan fingerprint density at radius 3 is 2.69 bits per heavy atom. The third-order valence-corrected chi connectivity index (χ3v) is 5.40. The van der Waals surface area contributed by atoms with E-state index in [1.165, 1.54) is 17.2 Å². The van der Waals surface area contributed by atoms with Gasteiger partial charge in [0.2, 0.25) is 0 Å². The van der Waals surface area contributed by atoms with Gasteiger partial charge in [0, 0.05) is 18.8 Å². The van der Waals surface area contributed by atoms with Gasteiger partial charge < -0.3 is 14.7 Å². The van der Waals surface area contributed by atoms with Gasteiger partial charge in [-0.3, -0.25) is 0 Å². The minimum absolute atomic E-state index is 0.188. The smallest absolute Gasteiger partial charge is 0.341 e. The number of anilines is 1. The second kappa shape index (κ2) is 7.95. The van der Waals surface area contributed by atoms with Crippen LogP contribution in [-0.4, -0.2) is 24.7 Å². The lowest BCUT2D eigenvalue weighted by molar-refractivity contribution is -0.139. The van der Waals surface area contributed by atoms with Crippen molar-refractivity contribution in [3.05, 3.63) is 83.7 Å². The molecule has 0 amide bonds. The summed E-state index contributed by atoms with van der Waals surface area (Å²) in [6.07, 6.45) is 1.97. The van der Waals surface area contributed by atoms with Gasteiger partial charge in [-0.2, -0.15) is 0 Å². The topological polar surface area (TPSA) is 49.8 Å². The second-order valence-electron chi connectivity index (χ2n) is 7.27. The molecule has 3 aromatic carbocycles. The molecule has 4 nitrogen and oxygen atoms in total. The number of carboxylic acids is 1. The Balaban J connectivity index is 1.61. The molecule has 29 heavy (non-hydrogen) atoms. The number of benzene rings is 3. The maximum Gasteiger partial charge on any atom is 0.341 e. The number of ether oxygens (including phenoxy) is 1. The molecule has 3 aromatic rings. The highest BCUT2D eigenvalue weighted by molar-refractivity contribution is 5.69. The van der Waals surface area contributed by atoms with Crippen molar-refractivity contribution in [1.82, 2.24) is 0 Å². The first-order valence-corrected chi connectivity index (χ1v) is 9.57. The molecule has 5 heteroatoms. The average Bonchev–Trinajstić information content (AvgIpc) is 3.15. The predicted octanol–water partition coefficient (Wildman–Crippen LogP) is 5.08. The first kappa shape index (κ1) is 19.0. The van der Waals surface area contributed by atoms with E-state index in [4.69, 9.17) is 9.84 Å². The van der Waals surface area contributed by atoms with Crippen molar-refractivity contribution in [3.63, 3.8) is 0 Å². The summed E-state index contributed by atoms with van der Waals surface area (Å²) < 4.78 is 19.0. The first-order chi connectivity index (χ1) is 14.0. The van der Waals surface area contributed by atoms with E-state index in [1.807, 2.05) is 31.3 Å². The van der Waals surface area contributed by atoms with Crippen molar-refractivity contribution in [1.29, 1.82) is 0 Å². The fourth-order valence-electron chi connectivity index (χ4n) is 3.95. The van der Waals surface area contributed by atoms with Crippen LogP contribution in [0, 0.1) is 5.82 Å². The number of fused-ring (bicyclic) bond motifs is 1. The van der Waals surface area contributed by atoms with Crippen LogP contribution >= 0.6 is 0 Å². The summed E-state index contributed by atoms with van der Waals surface area (Å²) in [5, 5.41) is 8.81. The molecule has 0 spiro atoms. The normalized spacial score (nSPS) is 15.0. The predicted molar refractivity (Wildman–Crippen MR) is 111 cm³/mol. The fraction of sp³-hybridized carbons (Fsp3) is 0.208. The van der Waals surface area contributed by atoms with Crippen molar-refractivity contribution in [2.75, 3.05) is 18.6 Å². The zero-order valence-electron chi connectivity index (χ0n) is 16.1. The quantitative estimate of drug-likeness (QED) is 0.637. The summed E-state index contributed by atoms with van der Waals surface area (Å²) >= 11 is 0. The van der Waals surface area contributed by atoms with Gasteiger partial charge in [0.1, 0.15) is 11.6 Å². The molecule has 0 heterocycles. The van der Waals surface area contributed by atoms with Crippen LogP contribution in [0.3, 0.4) is 0 Å². The number of nitrogens with zero attached hydrogens (tertiary/aromatic N) is 1. The zero-order chi connectivity index (χ0) is 20.4. The lowest BCUT2D eigenvalue weighted by atomic mass is 9.98. The van der Waals surface area contributed by atoms with E-state index < -0.39 is 5.97 Å². The van der Waals surface area contributed by atoms with Crippen molar-refractivity contribution < 1.29 is 19.0 Å². The van der Waals surface area contributed by atoms with Crippen molar-refractivity contribution in [2.24, 2.45) is 0 Å². The summed E-state index contributed by atoms with van der Waals surface area (Å²) in [7, 11) is 2.03. The minimum atomic E-state index is -1.00. The number of carboxylic acid groups (broad SMARTS) is 1.